The first-order chi connectivity index (χ1) is 9.52. The smallest absolute Gasteiger partial charge is 0.133 e. The van der Waals surface area contributed by atoms with E-state index < -0.39 is 6.10 Å². The van der Waals surface area contributed by atoms with E-state index in [-0.39, 0.29) is 0 Å². The summed E-state index contributed by atoms with van der Waals surface area (Å²) in [6, 6.07) is 11.2. The number of aliphatic hydroxyl groups excluding tert-OH is 1. The molecule has 20 heavy (non-hydrogen) atoms. The Morgan fingerprint density at radius 2 is 1.85 bits per heavy atom. The second-order valence-corrected chi connectivity index (χ2v) is 5.80. The molecule has 0 aromatic heterocycles. The quantitative estimate of drug-likeness (QED) is 0.846. The van der Waals surface area contributed by atoms with Gasteiger partial charge in [0.25, 0.3) is 0 Å². The standard InChI is InChI=1S/C16H16BrClO2/c1-3-20-15-7-6-11(8-13(15)17)16(19)12-5-4-10(2)14(18)9-12/h4-9,16,19H,3H2,1-2H3. The lowest BCUT2D eigenvalue weighted by atomic mass is 10.0. The van der Waals surface area contributed by atoms with Crippen LogP contribution in [0.5, 0.6) is 5.75 Å². The second kappa shape index (κ2) is 6.61. The van der Waals surface area contributed by atoms with E-state index in [1.54, 1.807) is 6.07 Å². The molecule has 0 saturated carbocycles. The molecular weight excluding hydrogens is 340 g/mol. The molecule has 0 spiro atoms. The zero-order chi connectivity index (χ0) is 14.7. The molecule has 0 fully saturated rings. The van der Waals surface area contributed by atoms with E-state index in [0.29, 0.717) is 11.6 Å². The van der Waals surface area contributed by atoms with E-state index in [2.05, 4.69) is 15.9 Å². The molecule has 0 saturated heterocycles. The van der Waals surface area contributed by atoms with E-state index in [4.69, 9.17) is 16.3 Å². The average Bonchev–Trinajstić information content (AvgIpc) is 2.43. The highest BCUT2D eigenvalue weighted by molar-refractivity contribution is 9.10. The molecule has 0 aliphatic heterocycles. The molecule has 4 heteroatoms. The number of ether oxygens (including phenoxy) is 1. The van der Waals surface area contributed by atoms with Crippen LogP contribution < -0.4 is 4.74 Å². The van der Waals surface area contributed by atoms with Gasteiger partial charge in [0, 0.05) is 5.02 Å². The Bertz CT molecular complexity index is 613. The van der Waals surface area contributed by atoms with Crippen molar-refractivity contribution in [3.63, 3.8) is 0 Å². The second-order valence-electron chi connectivity index (χ2n) is 4.53. The zero-order valence-corrected chi connectivity index (χ0v) is 13.7. The third-order valence-electron chi connectivity index (χ3n) is 3.08. The first-order valence-corrected chi connectivity index (χ1v) is 7.56. The Kier molecular flexibility index (Phi) is 5.08. The summed E-state index contributed by atoms with van der Waals surface area (Å²) >= 11 is 9.56. The molecule has 1 N–H and O–H groups in total. The van der Waals surface area contributed by atoms with Gasteiger partial charge in [0.1, 0.15) is 11.9 Å². The molecule has 0 radical (unpaired) electrons. The Morgan fingerprint density at radius 3 is 2.45 bits per heavy atom. The van der Waals surface area contributed by atoms with Crippen LogP contribution in [0.3, 0.4) is 0 Å². The van der Waals surface area contributed by atoms with E-state index in [0.717, 1.165) is 26.9 Å². The number of aryl methyl sites for hydroxylation is 1. The summed E-state index contributed by atoms with van der Waals surface area (Å²) < 4.78 is 6.29. The van der Waals surface area contributed by atoms with Gasteiger partial charge in [0.15, 0.2) is 0 Å². The minimum absolute atomic E-state index is 0.605. The normalized spacial score (nSPS) is 12.2. The number of halogens is 2. The largest absolute Gasteiger partial charge is 0.493 e. The highest BCUT2D eigenvalue weighted by atomic mass is 79.9. The van der Waals surface area contributed by atoms with E-state index in [9.17, 15) is 5.11 Å². The van der Waals surface area contributed by atoms with Gasteiger partial charge >= 0.3 is 0 Å². The van der Waals surface area contributed by atoms with Crippen molar-refractivity contribution in [1.29, 1.82) is 0 Å². The lowest BCUT2D eigenvalue weighted by Crippen LogP contribution is -2.01. The summed E-state index contributed by atoms with van der Waals surface area (Å²) in [5.74, 6) is 0.769. The SMILES string of the molecule is CCOc1ccc(C(O)c2ccc(C)c(Cl)c2)cc1Br. The number of aliphatic hydroxyl groups is 1. The van der Waals surface area contributed by atoms with Crippen molar-refractivity contribution in [3.8, 4) is 5.75 Å². The topological polar surface area (TPSA) is 29.5 Å². The molecule has 1 atom stereocenters. The molecule has 0 aliphatic rings. The summed E-state index contributed by atoms with van der Waals surface area (Å²) in [5.41, 5.74) is 2.56. The van der Waals surface area contributed by atoms with Crippen LogP contribution in [0.15, 0.2) is 40.9 Å². The van der Waals surface area contributed by atoms with E-state index >= 15 is 0 Å². The molecule has 106 valence electrons. The van der Waals surface area contributed by atoms with Gasteiger partial charge in [-0.2, -0.15) is 0 Å². The van der Waals surface area contributed by atoms with Crippen LogP contribution in [0.2, 0.25) is 5.02 Å². The summed E-state index contributed by atoms with van der Waals surface area (Å²) in [6.45, 7) is 4.48. The van der Waals surface area contributed by atoms with Crippen molar-refractivity contribution in [1.82, 2.24) is 0 Å². The third-order valence-corrected chi connectivity index (χ3v) is 4.11. The number of hydrogen-bond acceptors (Lipinski definition) is 2. The fourth-order valence-electron chi connectivity index (χ4n) is 1.93. The predicted molar refractivity (Wildman–Crippen MR) is 85.6 cm³/mol. The maximum absolute atomic E-state index is 10.4. The van der Waals surface area contributed by atoms with Gasteiger partial charge in [-0.05, 0) is 64.7 Å². The third kappa shape index (κ3) is 3.35. The molecule has 2 nitrogen and oxygen atoms in total. The van der Waals surface area contributed by atoms with Crippen LogP contribution in [0.1, 0.15) is 29.7 Å². The van der Waals surface area contributed by atoms with Gasteiger partial charge in [-0.15, -0.1) is 0 Å². The van der Waals surface area contributed by atoms with Crippen LogP contribution in [-0.2, 0) is 0 Å². The summed E-state index contributed by atoms with van der Waals surface area (Å²) in [5, 5.41) is 11.1. The molecule has 2 aromatic rings. The molecule has 1 unspecified atom stereocenters. The first kappa shape index (κ1) is 15.4. The molecule has 0 aliphatic carbocycles. The van der Waals surface area contributed by atoms with Crippen molar-refractivity contribution in [2.45, 2.75) is 20.0 Å². The average molecular weight is 356 g/mol. The van der Waals surface area contributed by atoms with E-state index in [1.165, 1.54) is 0 Å². The van der Waals surface area contributed by atoms with Gasteiger partial charge < -0.3 is 9.84 Å². The van der Waals surface area contributed by atoms with Crippen molar-refractivity contribution >= 4 is 27.5 Å². The van der Waals surface area contributed by atoms with Crippen LogP contribution >= 0.6 is 27.5 Å². The zero-order valence-electron chi connectivity index (χ0n) is 11.4. The number of hydrogen-bond donors (Lipinski definition) is 1. The maximum atomic E-state index is 10.4. The predicted octanol–water partition coefficient (Wildman–Crippen LogP) is 4.89. The van der Waals surface area contributed by atoms with Crippen molar-refractivity contribution in [2.75, 3.05) is 6.61 Å². The molecule has 2 aromatic carbocycles. The van der Waals surface area contributed by atoms with Crippen LogP contribution in [0.4, 0.5) is 0 Å². The Hall–Kier alpha value is -1.03. The maximum Gasteiger partial charge on any atom is 0.133 e. The molecule has 2 rings (SSSR count). The van der Waals surface area contributed by atoms with Gasteiger partial charge in [0.2, 0.25) is 0 Å². The molecule has 0 amide bonds. The Balaban J connectivity index is 2.30. The van der Waals surface area contributed by atoms with Crippen LogP contribution in [0.25, 0.3) is 0 Å². The Morgan fingerprint density at radius 1 is 1.20 bits per heavy atom. The van der Waals surface area contributed by atoms with Gasteiger partial charge in [-0.1, -0.05) is 29.8 Å². The van der Waals surface area contributed by atoms with Gasteiger partial charge in [-0.25, -0.2) is 0 Å². The fraction of sp³-hybridized carbons (Fsp3) is 0.250. The molecular formula is C16H16BrClO2. The highest BCUT2D eigenvalue weighted by Crippen LogP contribution is 2.32. The van der Waals surface area contributed by atoms with Gasteiger partial charge in [-0.3, -0.25) is 0 Å². The first-order valence-electron chi connectivity index (χ1n) is 6.39. The van der Waals surface area contributed by atoms with Crippen LogP contribution in [-0.4, -0.2) is 11.7 Å². The minimum Gasteiger partial charge on any atom is -0.493 e. The minimum atomic E-state index is -0.708. The number of benzene rings is 2. The van der Waals surface area contributed by atoms with Crippen molar-refractivity contribution in [2.24, 2.45) is 0 Å². The van der Waals surface area contributed by atoms with Gasteiger partial charge in [0.05, 0.1) is 11.1 Å². The highest BCUT2D eigenvalue weighted by Gasteiger charge is 2.13. The lowest BCUT2D eigenvalue weighted by molar-refractivity contribution is 0.220. The summed E-state index contributed by atoms with van der Waals surface area (Å²) in [7, 11) is 0. The Labute approximate surface area is 132 Å². The summed E-state index contributed by atoms with van der Waals surface area (Å²) in [4.78, 5) is 0. The lowest BCUT2D eigenvalue weighted by Gasteiger charge is -2.14. The van der Waals surface area contributed by atoms with E-state index in [1.807, 2.05) is 44.2 Å². The fourth-order valence-corrected chi connectivity index (χ4v) is 2.63. The van der Waals surface area contributed by atoms with Crippen molar-refractivity contribution < 1.29 is 9.84 Å². The summed E-state index contributed by atoms with van der Waals surface area (Å²) in [6.07, 6.45) is -0.708. The number of rotatable bonds is 4. The monoisotopic (exact) mass is 354 g/mol. The molecule has 0 heterocycles. The van der Waals surface area contributed by atoms with Crippen molar-refractivity contribution in [3.05, 3.63) is 62.6 Å². The van der Waals surface area contributed by atoms with Crippen LogP contribution in [0, 0.1) is 6.92 Å². The molecule has 0 bridgehead atoms.